The van der Waals surface area contributed by atoms with Crippen molar-refractivity contribution in [3.8, 4) is 17.1 Å². The zero-order valence-electron chi connectivity index (χ0n) is 22.5. The number of aromatic amines is 1. The van der Waals surface area contributed by atoms with Gasteiger partial charge < -0.3 is 25.1 Å². The lowest BCUT2D eigenvalue weighted by Crippen LogP contribution is -2.23. The predicted octanol–water partition coefficient (Wildman–Crippen LogP) is 5.91. The van der Waals surface area contributed by atoms with Crippen molar-refractivity contribution >= 4 is 63.6 Å². The highest BCUT2D eigenvalue weighted by molar-refractivity contribution is 8.12. The number of aryl methyl sites for hydroxylation is 1. The number of H-pyrrole nitrogens is 1. The molecule has 0 saturated carbocycles. The Labute approximate surface area is 245 Å². The second-order valence-corrected chi connectivity index (χ2v) is 10.7. The number of likely N-dealkylation sites (N-methyl/N-ethyl adjacent to an activating group) is 1. The van der Waals surface area contributed by atoms with Gasteiger partial charge in [-0.3, -0.25) is 9.59 Å². The first kappa shape index (κ1) is 28.0. The SMILES string of the molecule is CNC(=O)C(SC=O)c1ccc(NSc2cccc(-c3nc(Nc4ccc(OC)c(C)c4)c4[nH]cnc4n3)c2)cc1. The number of hydrogen-bond donors (Lipinski definition) is 4. The molecule has 0 radical (unpaired) electrons. The van der Waals surface area contributed by atoms with Gasteiger partial charge in [0, 0.05) is 28.9 Å². The Morgan fingerprint density at radius 1 is 1.05 bits per heavy atom. The monoisotopic (exact) mass is 585 g/mol. The fraction of sp³-hybridized carbons (Fsp3) is 0.138. The molecule has 0 aliphatic carbocycles. The minimum absolute atomic E-state index is 0.221. The van der Waals surface area contributed by atoms with Gasteiger partial charge in [0.15, 0.2) is 22.9 Å². The van der Waals surface area contributed by atoms with Gasteiger partial charge in [-0.05, 0) is 72.5 Å². The highest BCUT2D eigenvalue weighted by Crippen LogP contribution is 2.32. The zero-order valence-corrected chi connectivity index (χ0v) is 24.1. The van der Waals surface area contributed by atoms with Gasteiger partial charge >= 0.3 is 0 Å². The highest BCUT2D eigenvalue weighted by Gasteiger charge is 2.20. The summed E-state index contributed by atoms with van der Waals surface area (Å²) >= 11 is 2.38. The topological polar surface area (TPSA) is 134 Å². The molecule has 0 saturated heterocycles. The first-order valence-corrected chi connectivity index (χ1v) is 14.3. The van der Waals surface area contributed by atoms with E-state index >= 15 is 0 Å². The van der Waals surface area contributed by atoms with Crippen LogP contribution in [0.5, 0.6) is 5.75 Å². The number of carbonyl (C=O) groups excluding carboxylic acids is 2. The molecule has 4 N–H and O–H groups in total. The van der Waals surface area contributed by atoms with Gasteiger partial charge in [0.25, 0.3) is 0 Å². The summed E-state index contributed by atoms with van der Waals surface area (Å²) in [5, 5.41) is 5.39. The van der Waals surface area contributed by atoms with Crippen LogP contribution in [0, 0.1) is 6.92 Å². The number of hydrogen-bond acceptors (Lipinski definition) is 10. The molecule has 12 heteroatoms. The quantitative estimate of drug-likeness (QED) is 0.109. The maximum Gasteiger partial charge on any atom is 0.237 e. The average Bonchev–Trinajstić information content (AvgIpc) is 3.48. The van der Waals surface area contributed by atoms with Crippen LogP contribution in [0.25, 0.3) is 22.6 Å². The van der Waals surface area contributed by atoms with E-state index in [-0.39, 0.29) is 5.91 Å². The Hall–Kier alpha value is -4.55. The molecule has 208 valence electrons. The number of carbonyl (C=O) groups is 2. The summed E-state index contributed by atoms with van der Waals surface area (Å²) in [5.74, 6) is 1.75. The zero-order chi connectivity index (χ0) is 28.8. The van der Waals surface area contributed by atoms with Gasteiger partial charge in [-0.15, -0.1) is 0 Å². The van der Waals surface area contributed by atoms with Crippen LogP contribution >= 0.6 is 23.7 Å². The van der Waals surface area contributed by atoms with Crippen LogP contribution in [-0.4, -0.2) is 45.6 Å². The van der Waals surface area contributed by atoms with Crippen molar-refractivity contribution in [3.63, 3.8) is 0 Å². The van der Waals surface area contributed by atoms with Crippen molar-refractivity contribution in [1.82, 2.24) is 25.3 Å². The summed E-state index contributed by atoms with van der Waals surface area (Å²) in [6.07, 6.45) is 1.60. The van der Waals surface area contributed by atoms with Crippen LogP contribution in [0.4, 0.5) is 17.2 Å². The summed E-state index contributed by atoms with van der Waals surface area (Å²) in [6, 6.07) is 21.2. The number of fused-ring (bicyclic) bond motifs is 1. The number of ether oxygens (including phenoxy) is 1. The molecule has 2 aromatic heterocycles. The molecule has 5 aromatic rings. The van der Waals surface area contributed by atoms with Crippen molar-refractivity contribution in [3.05, 3.63) is 84.2 Å². The van der Waals surface area contributed by atoms with Crippen molar-refractivity contribution in [1.29, 1.82) is 0 Å². The minimum atomic E-state index is -0.587. The number of anilines is 3. The Morgan fingerprint density at radius 2 is 1.85 bits per heavy atom. The number of nitrogens with zero attached hydrogens (tertiary/aromatic N) is 3. The van der Waals surface area contributed by atoms with E-state index in [9.17, 15) is 9.59 Å². The first-order chi connectivity index (χ1) is 20.0. The number of methoxy groups -OCH3 is 1. The Bertz CT molecular complexity index is 1690. The first-order valence-electron chi connectivity index (χ1n) is 12.6. The molecule has 5 rings (SSSR count). The van der Waals surface area contributed by atoms with Gasteiger partial charge in [-0.2, -0.15) is 0 Å². The number of rotatable bonds is 11. The Kier molecular flexibility index (Phi) is 8.70. The lowest BCUT2D eigenvalue weighted by atomic mass is 10.1. The van der Waals surface area contributed by atoms with Crippen LogP contribution < -0.4 is 20.1 Å². The molecule has 0 fully saturated rings. The number of nitrogens with one attached hydrogen (secondary N) is 4. The van der Waals surface area contributed by atoms with E-state index in [1.165, 1.54) is 11.9 Å². The highest BCUT2D eigenvalue weighted by atomic mass is 32.2. The van der Waals surface area contributed by atoms with Crippen LogP contribution in [0.3, 0.4) is 0 Å². The summed E-state index contributed by atoms with van der Waals surface area (Å²) in [4.78, 5) is 41.1. The van der Waals surface area contributed by atoms with Crippen molar-refractivity contribution in [2.75, 3.05) is 24.2 Å². The number of imidazole rings is 1. The molecule has 1 unspecified atom stereocenters. The normalized spacial score (nSPS) is 11.6. The third kappa shape index (κ3) is 6.44. The number of amides is 1. The molecule has 0 spiro atoms. The molecule has 2 heterocycles. The molecular weight excluding hydrogens is 558 g/mol. The molecule has 41 heavy (non-hydrogen) atoms. The van der Waals surface area contributed by atoms with Crippen LogP contribution in [-0.2, 0) is 9.59 Å². The molecule has 1 amide bonds. The molecule has 10 nitrogen and oxygen atoms in total. The Morgan fingerprint density at radius 3 is 2.59 bits per heavy atom. The third-order valence-electron chi connectivity index (χ3n) is 6.21. The maximum absolute atomic E-state index is 12.1. The molecule has 0 bridgehead atoms. The van der Waals surface area contributed by atoms with Crippen LogP contribution in [0.15, 0.2) is 78.0 Å². The molecule has 3 aromatic carbocycles. The van der Waals surface area contributed by atoms with E-state index in [0.29, 0.717) is 28.4 Å². The van der Waals surface area contributed by atoms with Gasteiger partial charge in [0.1, 0.15) is 16.5 Å². The average molecular weight is 586 g/mol. The van der Waals surface area contributed by atoms with Crippen molar-refractivity contribution < 1.29 is 14.3 Å². The Balaban J connectivity index is 1.34. The number of benzene rings is 3. The minimum Gasteiger partial charge on any atom is -0.496 e. The lowest BCUT2D eigenvalue weighted by molar-refractivity contribution is -0.120. The van der Waals surface area contributed by atoms with E-state index in [4.69, 9.17) is 9.72 Å². The van der Waals surface area contributed by atoms with E-state index < -0.39 is 5.25 Å². The van der Waals surface area contributed by atoms with E-state index in [1.54, 1.807) is 20.5 Å². The summed E-state index contributed by atoms with van der Waals surface area (Å²) in [7, 11) is 3.21. The fourth-order valence-corrected chi connectivity index (χ4v) is 5.54. The van der Waals surface area contributed by atoms with Gasteiger partial charge in [-0.1, -0.05) is 36.0 Å². The van der Waals surface area contributed by atoms with Gasteiger partial charge in [-0.25, -0.2) is 15.0 Å². The van der Waals surface area contributed by atoms with E-state index in [0.717, 1.165) is 50.5 Å². The van der Waals surface area contributed by atoms with Gasteiger partial charge in [0.05, 0.1) is 13.4 Å². The lowest BCUT2D eigenvalue weighted by Gasteiger charge is -2.13. The maximum atomic E-state index is 12.1. The number of aromatic nitrogens is 4. The summed E-state index contributed by atoms with van der Waals surface area (Å²) in [5.41, 5.74) is 6.27. The molecule has 0 aliphatic rings. The van der Waals surface area contributed by atoms with E-state index in [1.807, 2.05) is 73.7 Å². The standard InChI is InChI=1S/C29H27N7O3S2/c1-17-13-21(11-12-23(17)39-3)33-28-24-27(32-15-31-24)34-26(35-28)19-5-4-6-22(14-19)41-36-20-9-7-18(8-10-20)25(40-16-37)29(38)30-2/h4-16,25,36H,1-3H3,(H,30,38)(H2,31,32,33,34,35). The second-order valence-electron chi connectivity index (χ2n) is 8.89. The van der Waals surface area contributed by atoms with E-state index in [2.05, 4.69) is 30.3 Å². The predicted molar refractivity (Wildman–Crippen MR) is 165 cm³/mol. The van der Waals surface area contributed by atoms with Crippen molar-refractivity contribution in [2.24, 2.45) is 0 Å². The second kappa shape index (κ2) is 12.7. The fourth-order valence-electron chi connectivity index (χ4n) is 4.17. The largest absolute Gasteiger partial charge is 0.496 e. The van der Waals surface area contributed by atoms with Crippen LogP contribution in [0.1, 0.15) is 16.4 Å². The summed E-state index contributed by atoms with van der Waals surface area (Å²) in [6.45, 7) is 1.99. The summed E-state index contributed by atoms with van der Waals surface area (Å²) < 4.78 is 8.70. The van der Waals surface area contributed by atoms with Crippen LogP contribution in [0.2, 0.25) is 0 Å². The van der Waals surface area contributed by atoms with Crippen molar-refractivity contribution in [2.45, 2.75) is 17.1 Å². The van der Waals surface area contributed by atoms with Gasteiger partial charge in [0.2, 0.25) is 5.91 Å². The smallest absolute Gasteiger partial charge is 0.237 e. The molecule has 1 atom stereocenters. The molecule has 0 aliphatic heterocycles. The number of thioether (sulfide) groups is 1. The third-order valence-corrected chi connectivity index (χ3v) is 7.91. The molecular formula is C29H27N7O3S2.